The summed E-state index contributed by atoms with van der Waals surface area (Å²) >= 11 is 0. The van der Waals surface area contributed by atoms with Crippen molar-refractivity contribution < 1.29 is 8.78 Å². The van der Waals surface area contributed by atoms with Gasteiger partial charge in [-0.05, 0) is 24.6 Å². The zero-order valence-corrected chi connectivity index (χ0v) is 7.48. The predicted octanol–water partition coefficient (Wildman–Crippen LogP) is 1.95. The first-order chi connectivity index (χ1) is 6.72. The molecule has 3 N–H and O–H groups in total. The highest BCUT2D eigenvalue weighted by molar-refractivity contribution is 5.83. The number of rotatable bonds is 2. The van der Waals surface area contributed by atoms with E-state index in [0.29, 0.717) is 23.9 Å². The van der Waals surface area contributed by atoms with Crippen LogP contribution in [0.1, 0.15) is 5.56 Å². The molecule has 2 nitrogen and oxygen atoms in total. The van der Waals surface area contributed by atoms with E-state index in [4.69, 9.17) is 5.73 Å². The molecule has 0 saturated heterocycles. The molecule has 0 saturated carbocycles. The summed E-state index contributed by atoms with van der Waals surface area (Å²) < 4.78 is 26.2. The van der Waals surface area contributed by atoms with E-state index < -0.39 is 11.6 Å². The second kappa shape index (κ2) is 3.38. The topological polar surface area (TPSA) is 41.8 Å². The third kappa shape index (κ3) is 1.37. The van der Waals surface area contributed by atoms with Crippen LogP contribution in [0.25, 0.3) is 10.9 Å². The number of H-pyrrole nitrogens is 1. The Balaban J connectivity index is 2.66. The molecule has 0 radical (unpaired) electrons. The number of nitrogens with two attached hydrogens (primary N) is 1. The van der Waals surface area contributed by atoms with E-state index >= 15 is 0 Å². The lowest BCUT2D eigenvalue weighted by molar-refractivity contribution is 0.591. The molecular weight excluding hydrogens is 186 g/mol. The Bertz CT molecular complexity index is 462. The number of hydrogen-bond acceptors (Lipinski definition) is 1. The fourth-order valence-corrected chi connectivity index (χ4v) is 1.60. The first-order valence-corrected chi connectivity index (χ1v) is 4.37. The minimum absolute atomic E-state index is 0.442. The molecule has 0 aliphatic carbocycles. The van der Waals surface area contributed by atoms with Crippen molar-refractivity contribution in [1.29, 1.82) is 0 Å². The van der Waals surface area contributed by atoms with E-state index in [1.54, 1.807) is 6.20 Å². The van der Waals surface area contributed by atoms with Crippen LogP contribution in [0.3, 0.4) is 0 Å². The quantitative estimate of drug-likeness (QED) is 0.757. The van der Waals surface area contributed by atoms with Crippen molar-refractivity contribution in [2.75, 3.05) is 6.54 Å². The number of nitrogens with one attached hydrogen (secondary N) is 1. The summed E-state index contributed by atoms with van der Waals surface area (Å²) in [4.78, 5) is 2.82. The van der Waals surface area contributed by atoms with E-state index in [-0.39, 0.29) is 0 Å². The molecule has 0 atom stereocenters. The summed E-state index contributed by atoms with van der Waals surface area (Å²) in [6, 6.07) is 2.16. The Morgan fingerprint density at radius 1 is 1.29 bits per heavy atom. The van der Waals surface area contributed by atoms with Crippen LogP contribution in [0.15, 0.2) is 18.3 Å². The lowest BCUT2D eigenvalue weighted by atomic mass is 10.1. The highest BCUT2D eigenvalue weighted by Crippen LogP contribution is 2.22. The van der Waals surface area contributed by atoms with Crippen LogP contribution < -0.4 is 5.73 Å². The summed E-state index contributed by atoms with van der Waals surface area (Å²) in [6.45, 7) is 0.448. The monoisotopic (exact) mass is 196 g/mol. The number of aromatic amines is 1. The number of fused-ring (bicyclic) bond motifs is 1. The van der Waals surface area contributed by atoms with Crippen LogP contribution in [0, 0.1) is 11.6 Å². The van der Waals surface area contributed by atoms with E-state index in [9.17, 15) is 8.78 Å². The largest absolute Gasteiger partial charge is 0.361 e. The summed E-state index contributed by atoms with van der Waals surface area (Å²) in [6.07, 6.45) is 2.25. The normalized spacial score (nSPS) is 11.1. The van der Waals surface area contributed by atoms with Crippen molar-refractivity contribution in [3.8, 4) is 0 Å². The fraction of sp³-hybridized carbons (Fsp3) is 0.200. The molecule has 0 bridgehead atoms. The van der Waals surface area contributed by atoms with E-state index in [1.165, 1.54) is 6.07 Å². The van der Waals surface area contributed by atoms with Crippen molar-refractivity contribution in [2.45, 2.75) is 6.42 Å². The van der Waals surface area contributed by atoms with Gasteiger partial charge in [-0.25, -0.2) is 8.78 Å². The lowest BCUT2D eigenvalue weighted by Crippen LogP contribution is -2.02. The summed E-state index contributed by atoms with van der Waals surface area (Å²) in [7, 11) is 0. The number of aromatic nitrogens is 1. The van der Waals surface area contributed by atoms with Crippen LogP contribution in [0.4, 0.5) is 8.78 Å². The first kappa shape index (κ1) is 9.15. The highest BCUT2D eigenvalue weighted by atomic mass is 19.1. The smallest absolute Gasteiger partial charge is 0.135 e. The molecule has 0 amide bonds. The molecule has 0 aliphatic rings. The second-order valence-corrected chi connectivity index (χ2v) is 3.16. The van der Waals surface area contributed by atoms with Gasteiger partial charge in [0.25, 0.3) is 0 Å². The third-order valence-corrected chi connectivity index (χ3v) is 2.19. The van der Waals surface area contributed by atoms with Gasteiger partial charge in [-0.1, -0.05) is 0 Å². The lowest BCUT2D eigenvalue weighted by Gasteiger charge is -1.97. The van der Waals surface area contributed by atoms with Crippen molar-refractivity contribution >= 4 is 10.9 Å². The summed E-state index contributed by atoms with van der Waals surface area (Å²) in [5.41, 5.74) is 6.65. The molecule has 4 heteroatoms. The molecule has 0 fully saturated rings. The molecule has 14 heavy (non-hydrogen) atoms. The fourth-order valence-electron chi connectivity index (χ4n) is 1.60. The molecule has 2 rings (SSSR count). The maximum absolute atomic E-state index is 13.4. The molecule has 1 heterocycles. The molecule has 0 unspecified atom stereocenters. The van der Waals surface area contributed by atoms with Gasteiger partial charge in [-0.2, -0.15) is 0 Å². The maximum atomic E-state index is 13.4. The maximum Gasteiger partial charge on any atom is 0.135 e. The zero-order chi connectivity index (χ0) is 10.1. The number of hydrogen-bond donors (Lipinski definition) is 2. The minimum Gasteiger partial charge on any atom is -0.361 e. The molecular formula is C10H10F2N2. The van der Waals surface area contributed by atoms with E-state index in [0.717, 1.165) is 11.6 Å². The summed E-state index contributed by atoms with van der Waals surface area (Å²) in [5, 5.41) is 0.442. The third-order valence-electron chi connectivity index (χ3n) is 2.19. The van der Waals surface area contributed by atoms with E-state index in [2.05, 4.69) is 4.98 Å². The van der Waals surface area contributed by atoms with Crippen molar-refractivity contribution in [3.05, 3.63) is 35.5 Å². The number of benzene rings is 1. The summed E-state index contributed by atoms with van der Waals surface area (Å²) in [5.74, 6) is -1.11. The molecule has 74 valence electrons. The van der Waals surface area contributed by atoms with Crippen LogP contribution in [0.5, 0.6) is 0 Å². The standard InChI is InChI=1S/C10H10F2N2/c11-7-3-8(12)10-6(1-2-13)5-14-9(10)4-7/h3-5,14H,1-2,13H2. The van der Waals surface area contributed by atoms with Gasteiger partial charge in [0.05, 0.1) is 5.52 Å². The van der Waals surface area contributed by atoms with Gasteiger partial charge in [0.1, 0.15) is 11.6 Å². The Morgan fingerprint density at radius 3 is 2.79 bits per heavy atom. The van der Waals surface area contributed by atoms with Crippen molar-refractivity contribution in [1.82, 2.24) is 4.98 Å². The van der Waals surface area contributed by atoms with Gasteiger partial charge in [-0.15, -0.1) is 0 Å². The number of halogens is 2. The molecule has 1 aromatic carbocycles. The molecule has 0 aliphatic heterocycles. The Kier molecular flexibility index (Phi) is 2.21. The van der Waals surface area contributed by atoms with Crippen LogP contribution in [-0.2, 0) is 6.42 Å². The molecule has 1 aromatic heterocycles. The van der Waals surface area contributed by atoms with Gasteiger partial charge in [0.15, 0.2) is 0 Å². The first-order valence-electron chi connectivity index (χ1n) is 4.37. The Hall–Kier alpha value is -1.42. The van der Waals surface area contributed by atoms with Crippen molar-refractivity contribution in [2.24, 2.45) is 5.73 Å². The molecule has 2 aromatic rings. The average Bonchev–Trinajstić information content (AvgIpc) is 2.49. The van der Waals surface area contributed by atoms with Crippen LogP contribution >= 0.6 is 0 Å². The highest BCUT2D eigenvalue weighted by Gasteiger charge is 2.09. The van der Waals surface area contributed by atoms with Crippen molar-refractivity contribution in [3.63, 3.8) is 0 Å². The predicted molar refractivity (Wildman–Crippen MR) is 51.0 cm³/mol. The van der Waals surface area contributed by atoms with Gasteiger partial charge < -0.3 is 10.7 Å². The second-order valence-electron chi connectivity index (χ2n) is 3.16. The van der Waals surface area contributed by atoms with Gasteiger partial charge in [0.2, 0.25) is 0 Å². The average molecular weight is 196 g/mol. The van der Waals surface area contributed by atoms with Gasteiger partial charge >= 0.3 is 0 Å². The Labute approximate surface area is 79.7 Å². The molecule has 0 spiro atoms. The Morgan fingerprint density at radius 2 is 2.07 bits per heavy atom. The SMILES string of the molecule is NCCc1c[nH]c2cc(F)cc(F)c12. The van der Waals surface area contributed by atoms with Gasteiger partial charge in [0, 0.05) is 17.6 Å². The van der Waals surface area contributed by atoms with Gasteiger partial charge in [-0.3, -0.25) is 0 Å². The van der Waals surface area contributed by atoms with Crippen LogP contribution in [-0.4, -0.2) is 11.5 Å². The zero-order valence-electron chi connectivity index (χ0n) is 7.48. The minimum atomic E-state index is -0.573. The van der Waals surface area contributed by atoms with Crippen LogP contribution in [0.2, 0.25) is 0 Å². The van der Waals surface area contributed by atoms with E-state index in [1.807, 2.05) is 0 Å².